The van der Waals surface area contributed by atoms with Gasteiger partial charge in [-0.1, -0.05) is 41.9 Å². The zero-order valence-electron chi connectivity index (χ0n) is 16.4. The summed E-state index contributed by atoms with van der Waals surface area (Å²) in [6, 6.07) is 16.9. The predicted molar refractivity (Wildman–Crippen MR) is 117 cm³/mol. The number of hydrogen-bond donors (Lipinski definition) is 0. The van der Waals surface area contributed by atoms with Crippen molar-refractivity contribution in [3.63, 3.8) is 0 Å². The van der Waals surface area contributed by atoms with Gasteiger partial charge in [-0.15, -0.1) is 21.5 Å². The smallest absolute Gasteiger partial charge is 0.274 e. The zero-order valence-corrected chi connectivity index (χ0v) is 18.0. The first-order valence-corrected chi connectivity index (χ1v) is 10.7. The van der Waals surface area contributed by atoms with Crippen LogP contribution in [0.25, 0.3) is 22.0 Å². The van der Waals surface area contributed by atoms with Crippen molar-refractivity contribution in [2.75, 3.05) is 0 Å². The van der Waals surface area contributed by atoms with E-state index in [1.807, 2.05) is 56.3 Å². The maximum Gasteiger partial charge on any atom is 0.274 e. The first-order valence-electron chi connectivity index (χ1n) is 9.41. The molecule has 0 aliphatic heterocycles. The monoisotopic (exact) mass is 438 g/mol. The fourth-order valence-corrected chi connectivity index (χ4v) is 3.82. The molecule has 0 bridgehead atoms. The van der Waals surface area contributed by atoms with Crippen molar-refractivity contribution in [2.45, 2.75) is 26.4 Å². The molecule has 4 rings (SSSR count). The van der Waals surface area contributed by atoms with E-state index >= 15 is 0 Å². The Morgan fingerprint density at radius 2 is 1.80 bits per heavy atom. The molecule has 6 nitrogen and oxygen atoms in total. The van der Waals surface area contributed by atoms with E-state index in [-0.39, 0.29) is 18.5 Å². The molecule has 8 heteroatoms. The maximum atomic E-state index is 13.1. The van der Waals surface area contributed by atoms with Crippen molar-refractivity contribution in [2.24, 2.45) is 0 Å². The van der Waals surface area contributed by atoms with Gasteiger partial charge in [0, 0.05) is 27.6 Å². The SMILES string of the molecule is CC(C)N(Cc1nnc(-c2ccccc2)o1)C(=O)c1csc(-c2ccc(Cl)cc2)n1. The van der Waals surface area contributed by atoms with Crippen molar-refractivity contribution in [3.05, 3.63) is 76.6 Å². The summed E-state index contributed by atoms with van der Waals surface area (Å²) in [5, 5.41) is 11.4. The predicted octanol–water partition coefficient (Wildman–Crippen LogP) is 5.56. The van der Waals surface area contributed by atoms with Crippen LogP contribution in [-0.4, -0.2) is 32.0 Å². The number of nitrogens with zero attached hydrogens (tertiary/aromatic N) is 4. The van der Waals surface area contributed by atoms with Gasteiger partial charge in [-0.2, -0.15) is 0 Å². The molecule has 2 aromatic heterocycles. The molecule has 0 radical (unpaired) electrons. The lowest BCUT2D eigenvalue weighted by atomic mass is 10.2. The van der Waals surface area contributed by atoms with Crippen LogP contribution in [0.2, 0.25) is 5.02 Å². The second-order valence-corrected chi connectivity index (χ2v) is 8.23. The van der Waals surface area contributed by atoms with Gasteiger partial charge in [-0.05, 0) is 38.1 Å². The Bertz CT molecular complexity index is 1140. The summed E-state index contributed by atoms with van der Waals surface area (Å²) >= 11 is 7.37. The third-order valence-corrected chi connectivity index (χ3v) is 5.64. The average Bonchev–Trinajstić information content (AvgIpc) is 3.43. The lowest BCUT2D eigenvalue weighted by molar-refractivity contribution is 0.0667. The van der Waals surface area contributed by atoms with Crippen molar-refractivity contribution in [3.8, 4) is 22.0 Å². The van der Waals surface area contributed by atoms with Gasteiger partial charge >= 0.3 is 0 Å². The van der Waals surface area contributed by atoms with Crippen LogP contribution in [0.1, 0.15) is 30.2 Å². The topological polar surface area (TPSA) is 72.1 Å². The molecule has 30 heavy (non-hydrogen) atoms. The van der Waals surface area contributed by atoms with E-state index in [1.165, 1.54) is 11.3 Å². The number of carbonyl (C=O) groups excluding carboxylic acids is 1. The van der Waals surface area contributed by atoms with E-state index in [0.29, 0.717) is 22.5 Å². The fourth-order valence-electron chi connectivity index (χ4n) is 2.89. The summed E-state index contributed by atoms with van der Waals surface area (Å²) in [4.78, 5) is 19.3. The minimum atomic E-state index is -0.180. The van der Waals surface area contributed by atoms with E-state index in [4.69, 9.17) is 16.0 Å². The number of hydrogen-bond acceptors (Lipinski definition) is 6. The highest BCUT2D eigenvalue weighted by Gasteiger charge is 2.24. The van der Waals surface area contributed by atoms with Crippen LogP contribution in [0.4, 0.5) is 0 Å². The molecule has 2 aromatic carbocycles. The van der Waals surface area contributed by atoms with Crippen LogP contribution in [0.15, 0.2) is 64.4 Å². The molecule has 0 spiro atoms. The number of carbonyl (C=O) groups is 1. The first-order chi connectivity index (χ1) is 14.5. The second-order valence-electron chi connectivity index (χ2n) is 6.94. The van der Waals surface area contributed by atoms with Crippen LogP contribution in [-0.2, 0) is 6.54 Å². The van der Waals surface area contributed by atoms with E-state index < -0.39 is 0 Å². The van der Waals surface area contributed by atoms with Gasteiger partial charge in [-0.3, -0.25) is 4.79 Å². The van der Waals surface area contributed by atoms with Crippen LogP contribution < -0.4 is 0 Å². The molecule has 0 aliphatic rings. The Labute approximate surface area is 183 Å². The molecule has 0 saturated heterocycles. The Morgan fingerprint density at radius 3 is 2.50 bits per heavy atom. The Balaban J connectivity index is 1.53. The molecule has 1 amide bonds. The highest BCUT2D eigenvalue weighted by molar-refractivity contribution is 7.13. The lowest BCUT2D eigenvalue weighted by Crippen LogP contribution is -2.36. The highest BCUT2D eigenvalue weighted by Crippen LogP contribution is 2.26. The number of benzene rings is 2. The molecular formula is C22H19ClN4O2S. The average molecular weight is 439 g/mol. The van der Waals surface area contributed by atoms with Crippen LogP contribution >= 0.6 is 22.9 Å². The molecule has 0 aliphatic carbocycles. The quantitative estimate of drug-likeness (QED) is 0.393. The Morgan fingerprint density at radius 1 is 1.07 bits per heavy atom. The first kappa shape index (κ1) is 20.3. The number of amides is 1. The van der Waals surface area contributed by atoms with Gasteiger partial charge in [0.1, 0.15) is 10.7 Å². The molecule has 152 valence electrons. The van der Waals surface area contributed by atoms with Crippen LogP contribution in [0, 0.1) is 0 Å². The van der Waals surface area contributed by atoms with Gasteiger partial charge < -0.3 is 9.32 Å². The normalized spacial score (nSPS) is 11.1. The molecule has 0 N–H and O–H groups in total. The summed E-state index contributed by atoms with van der Waals surface area (Å²) in [6.07, 6.45) is 0. The van der Waals surface area contributed by atoms with E-state index in [2.05, 4.69) is 15.2 Å². The third kappa shape index (κ3) is 4.42. The molecular weight excluding hydrogens is 420 g/mol. The highest BCUT2D eigenvalue weighted by atomic mass is 35.5. The molecule has 0 atom stereocenters. The second kappa shape index (κ2) is 8.77. The van der Waals surface area contributed by atoms with E-state index in [9.17, 15) is 4.79 Å². The standard InChI is InChI=1S/C22H19ClN4O2S/c1-14(2)27(12-19-25-26-20(29-19)15-6-4-3-5-7-15)22(28)18-13-30-21(24-18)16-8-10-17(23)11-9-16/h3-11,13-14H,12H2,1-2H3. The van der Waals surface area contributed by atoms with Gasteiger partial charge in [0.25, 0.3) is 5.91 Å². The van der Waals surface area contributed by atoms with Crippen LogP contribution in [0.5, 0.6) is 0 Å². The molecule has 0 saturated carbocycles. The van der Waals surface area contributed by atoms with Gasteiger partial charge in [0.2, 0.25) is 11.8 Å². The number of rotatable bonds is 6. The van der Waals surface area contributed by atoms with Crippen molar-refractivity contribution < 1.29 is 9.21 Å². The van der Waals surface area contributed by atoms with E-state index in [0.717, 1.165) is 16.1 Å². The third-order valence-electron chi connectivity index (χ3n) is 4.49. The largest absolute Gasteiger partial charge is 0.419 e. The number of thiazole rings is 1. The summed E-state index contributed by atoms with van der Waals surface area (Å²) < 4.78 is 5.78. The van der Waals surface area contributed by atoms with Gasteiger partial charge in [-0.25, -0.2) is 4.98 Å². The van der Waals surface area contributed by atoms with E-state index in [1.54, 1.807) is 22.4 Å². The Hall–Kier alpha value is -3.03. The van der Waals surface area contributed by atoms with Crippen molar-refractivity contribution >= 4 is 28.8 Å². The van der Waals surface area contributed by atoms with Crippen molar-refractivity contribution in [1.29, 1.82) is 0 Å². The van der Waals surface area contributed by atoms with Gasteiger partial charge in [0.05, 0.1) is 6.54 Å². The molecule has 0 fully saturated rings. The zero-order chi connectivity index (χ0) is 21.1. The number of halogens is 1. The maximum absolute atomic E-state index is 13.1. The van der Waals surface area contributed by atoms with Crippen LogP contribution in [0.3, 0.4) is 0 Å². The Kier molecular flexibility index (Phi) is 5.92. The number of aromatic nitrogens is 3. The molecule has 0 unspecified atom stereocenters. The summed E-state index contributed by atoms with van der Waals surface area (Å²) in [6.45, 7) is 4.10. The summed E-state index contributed by atoms with van der Waals surface area (Å²) in [7, 11) is 0. The minimum Gasteiger partial charge on any atom is -0.419 e. The molecule has 2 heterocycles. The molecule has 4 aromatic rings. The summed E-state index contributed by atoms with van der Waals surface area (Å²) in [5.41, 5.74) is 2.15. The van der Waals surface area contributed by atoms with Crippen molar-refractivity contribution in [1.82, 2.24) is 20.1 Å². The minimum absolute atomic E-state index is 0.0646. The van der Waals surface area contributed by atoms with Gasteiger partial charge in [0.15, 0.2) is 0 Å². The lowest BCUT2D eigenvalue weighted by Gasteiger charge is -2.24. The summed E-state index contributed by atoms with van der Waals surface area (Å²) in [5.74, 6) is 0.630. The fraction of sp³-hybridized carbons (Fsp3) is 0.182.